The van der Waals surface area contributed by atoms with Gasteiger partial charge >= 0.3 is 12.4 Å². The second-order valence-corrected chi connectivity index (χ2v) is 7.01. The van der Waals surface area contributed by atoms with Crippen LogP contribution in [0.15, 0.2) is 36.7 Å². The first kappa shape index (κ1) is 22.0. The lowest BCUT2D eigenvalue weighted by molar-refractivity contribution is -0.148. The largest absolute Gasteiger partial charge is 0.416 e. The summed E-state index contributed by atoms with van der Waals surface area (Å²) < 4.78 is 75.8. The molecule has 2 aromatic rings. The predicted octanol–water partition coefficient (Wildman–Crippen LogP) is 3.92. The van der Waals surface area contributed by atoms with Crippen molar-refractivity contribution in [1.29, 1.82) is 0 Å². The maximum Gasteiger partial charge on any atom is 0.416 e. The standard InChI is InChI=1S/C19H18F6N4O/c20-18(21,22)11-29-6-4-15(5-7-29)28-17(30)13-9-26-16(27-10-13)12-2-1-3-14(8-12)19(23,24)25/h1-3,8-10,15H,4-7,11H2,(H,28,30). The fourth-order valence-electron chi connectivity index (χ4n) is 3.19. The van der Waals surface area contributed by atoms with Crippen LogP contribution in [0.4, 0.5) is 26.3 Å². The van der Waals surface area contributed by atoms with Crippen LogP contribution in [0.5, 0.6) is 0 Å². The minimum Gasteiger partial charge on any atom is -0.349 e. The van der Waals surface area contributed by atoms with Crippen molar-refractivity contribution >= 4 is 5.91 Å². The van der Waals surface area contributed by atoms with Crippen LogP contribution in [0.1, 0.15) is 28.8 Å². The van der Waals surface area contributed by atoms with Crippen LogP contribution in [-0.2, 0) is 6.18 Å². The first-order valence-electron chi connectivity index (χ1n) is 9.11. The van der Waals surface area contributed by atoms with Crippen LogP contribution < -0.4 is 5.32 Å². The molecule has 0 aliphatic carbocycles. The van der Waals surface area contributed by atoms with Crippen molar-refractivity contribution in [2.45, 2.75) is 31.2 Å². The topological polar surface area (TPSA) is 58.1 Å². The second kappa shape index (κ2) is 8.58. The van der Waals surface area contributed by atoms with Gasteiger partial charge in [-0.25, -0.2) is 9.97 Å². The third kappa shape index (κ3) is 5.91. The number of carbonyl (C=O) groups excluding carboxylic acids is 1. The predicted molar refractivity (Wildman–Crippen MR) is 95.5 cm³/mol. The van der Waals surface area contributed by atoms with Crippen molar-refractivity contribution in [2.75, 3.05) is 19.6 Å². The lowest BCUT2D eigenvalue weighted by Gasteiger charge is -2.32. The summed E-state index contributed by atoms with van der Waals surface area (Å²) >= 11 is 0. The molecule has 1 aliphatic rings. The van der Waals surface area contributed by atoms with E-state index in [0.29, 0.717) is 12.8 Å². The van der Waals surface area contributed by atoms with Crippen LogP contribution in [0.2, 0.25) is 0 Å². The van der Waals surface area contributed by atoms with E-state index in [1.807, 2.05) is 0 Å². The van der Waals surface area contributed by atoms with Gasteiger partial charge in [0.05, 0.1) is 17.7 Å². The summed E-state index contributed by atoms with van der Waals surface area (Å²) in [5, 5.41) is 2.73. The number of aromatic nitrogens is 2. The minimum atomic E-state index is -4.49. The second-order valence-electron chi connectivity index (χ2n) is 7.01. The summed E-state index contributed by atoms with van der Waals surface area (Å²) in [5.74, 6) is -0.446. The van der Waals surface area contributed by atoms with E-state index in [0.717, 1.165) is 12.1 Å². The Morgan fingerprint density at radius 3 is 2.27 bits per heavy atom. The highest BCUT2D eigenvalue weighted by atomic mass is 19.4. The van der Waals surface area contributed by atoms with Crippen LogP contribution in [-0.4, -0.2) is 52.6 Å². The van der Waals surface area contributed by atoms with Crippen molar-refractivity contribution in [2.24, 2.45) is 0 Å². The highest BCUT2D eigenvalue weighted by Crippen LogP contribution is 2.31. The third-order valence-electron chi connectivity index (χ3n) is 4.69. The number of rotatable bonds is 4. The smallest absolute Gasteiger partial charge is 0.349 e. The molecule has 1 aromatic carbocycles. The number of alkyl halides is 6. The van der Waals surface area contributed by atoms with Gasteiger partial charge in [0.15, 0.2) is 5.82 Å². The van der Waals surface area contributed by atoms with Gasteiger partial charge < -0.3 is 5.32 Å². The Labute approximate surface area is 168 Å². The lowest BCUT2D eigenvalue weighted by Crippen LogP contribution is -2.47. The van der Waals surface area contributed by atoms with Gasteiger partial charge in [0.2, 0.25) is 0 Å². The molecule has 3 rings (SSSR count). The quantitative estimate of drug-likeness (QED) is 0.745. The minimum absolute atomic E-state index is 0.0399. The van der Waals surface area contributed by atoms with Crippen LogP contribution >= 0.6 is 0 Å². The Kier molecular flexibility index (Phi) is 6.30. The number of nitrogens with zero attached hydrogens (tertiary/aromatic N) is 3. The number of piperidine rings is 1. The van der Waals surface area contributed by atoms with Gasteiger partial charge in [-0.15, -0.1) is 0 Å². The van der Waals surface area contributed by atoms with Crippen molar-refractivity contribution in [1.82, 2.24) is 20.2 Å². The van der Waals surface area contributed by atoms with Crippen LogP contribution in [0.3, 0.4) is 0 Å². The van der Waals surface area contributed by atoms with Crippen LogP contribution in [0.25, 0.3) is 11.4 Å². The van der Waals surface area contributed by atoms with Crippen molar-refractivity contribution in [3.05, 3.63) is 47.8 Å². The molecular formula is C19H18F6N4O. The van der Waals surface area contributed by atoms with Crippen molar-refractivity contribution in [3.8, 4) is 11.4 Å². The number of amides is 1. The maximum atomic E-state index is 12.8. The fourth-order valence-corrected chi connectivity index (χ4v) is 3.19. The summed E-state index contributed by atoms with van der Waals surface area (Å²) in [7, 11) is 0. The molecule has 0 atom stereocenters. The van der Waals surface area contributed by atoms with Gasteiger partial charge in [-0.05, 0) is 25.0 Å². The molecule has 162 valence electrons. The maximum absolute atomic E-state index is 12.8. The molecule has 1 aromatic heterocycles. The zero-order valence-electron chi connectivity index (χ0n) is 15.6. The highest BCUT2D eigenvalue weighted by Gasteiger charge is 2.33. The monoisotopic (exact) mass is 432 g/mol. The molecule has 1 aliphatic heterocycles. The summed E-state index contributed by atoms with van der Waals surface area (Å²) in [5.41, 5.74) is -0.556. The van der Waals surface area contributed by atoms with Crippen molar-refractivity contribution in [3.63, 3.8) is 0 Å². The molecule has 5 nitrogen and oxygen atoms in total. The van der Waals surface area contributed by atoms with Gasteiger partial charge in [0.1, 0.15) is 0 Å². The fraction of sp³-hybridized carbons (Fsp3) is 0.421. The molecule has 0 unspecified atom stereocenters. The number of hydrogen-bond acceptors (Lipinski definition) is 4. The number of nitrogens with one attached hydrogen (secondary N) is 1. The van der Waals surface area contributed by atoms with Gasteiger partial charge in [0, 0.05) is 37.1 Å². The number of likely N-dealkylation sites (tertiary alicyclic amines) is 1. The average Bonchev–Trinajstić information content (AvgIpc) is 2.68. The Bertz CT molecular complexity index is 874. The highest BCUT2D eigenvalue weighted by molar-refractivity contribution is 5.93. The van der Waals surface area contributed by atoms with Gasteiger partial charge in [-0.1, -0.05) is 12.1 Å². The molecule has 1 saturated heterocycles. The van der Waals surface area contributed by atoms with E-state index in [2.05, 4.69) is 15.3 Å². The Morgan fingerprint density at radius 2 is 1.70 bits per heavy atom. The Balaban J connectivity index is 1.59. The van der Waals surface area contributed by atoms with E-state index in [1.54, 1.807) is 0 Å². The molecule has 2 heterocycles. The van der Waals surface area contributed by atoms with E-state index >= 15 is 0 Å². The average molecular weight is 432 g/mol. The summed E-state index contributed by atoms with van der Waals surface area (Å²) in [6.45, 7) is -0.538. The van der Waals surface area contributed by atoms with Crippen molar-refractivity contribution < 1.29 is 31.1 Å². The summed E-state index contributed by atoms with van der Waals surface area (Å²) in [6.07, 6.45) is -5.58. The SMILES string of the molecule is O=C(NC1CCN(CC(F)(F)F)CC1)c1cnc(-c2cccc(C(F)(F)F)c2)nc1. The number of hydrogen-bond donors (Lipinski definition) is 1. The Hall–Kier alpha value is -2.69. The number of halogens is 6. The number of carbonyl (C=O) groups is 1. The number of benzene rings is 1. The third-order valence-corrected chi connectivity index (χ3v) is 4.69. The van der Waals surface area contributed by atoms with Gasteiger partial charge in [-0.2, -0.15) is 26.3 Å². The van der Waals surface area contributed by atoms with E-state index in [9.17, 15) is 31.1 Å². The normalized spacial score (nSPS) is 16.5. The molecule has 0 spiro atoms. The zero-order chi connectivity index (χ0) is 21.9. The molecule has 0 bridgehead atoms. The first-order chi connectivity index (χ1) is 14.0. The van der Waals surface area contributed by atoms with Gasteiger partial charge in [0.25, 0.3) is 5.91 Å². The molecule has 11 heteroatoms. The van der Waals surface area contributed by atoms with Gasteiger partial charge in [-0.3, -0.25) is 9.69 Å². The Morgan fingerprint density at radius 1 is 1.07 bits per heavy atom. The lowest BCUT2D eigenvalue weighted by atomic mass is 10.0. The van der Waals surface area contributed by atoms with Crippen LogP contribution in [0, 0.1) is 0 Å². The molecule has 30 heavy (non-hydrogen) atoms. The molecule has 1 fully saturated rings. The van der Waals surface area contributed by atoms with E-state index < -0.39 is 30.4 Å². The summed E-state index contributed by atoms with van der Waals surface area (Å²) in [6, 6.07) is 4.26. The molecule has 0 saturated carbocycles. The molecular weight excluding hydrogens is 414 g/mol. The summed E-state index contributed by atoms with van der Waals surface area (Å²) in [4.78, 5) is 21.5. The van der Waals surface area contributed by atoms with E-state index in [1.165, 1.54) is 29.4 Å². The molecule has 1 N–H and O–H groups in total. The molecule has 0 radical (unpaired) electrons. The molecule has 1 amide bonds. The zero-order valence-corrected chi connectivity index (χ0v) is 15.6. The first-order valence-corrected chi connectivity index (χ1v) is 9.11. The van der Waals surface area contributed by atoms with E-state index in [4.69, 9.17) is 0 Å². The van der Waals surface area contributed by atoms with E-state index in [-0.39, 0.29) is 36.1 Å².